The number of nitriles is 1. The lowest BCUT2D eigenvalue weighted by atomic mass is 10.0. The first-order chi connectivity index (χ1) is 9.10. The largest absolute Gasteiger partial charge is 0.456 e. The first kappa shape index (κ1) is 13.2. The summed E-state index contributed by atoms with van der Waals surface area (Å²) in [5, 5.41) is 9.07. The van der Waals surface area contributed by atoms with Crippen molar-refractivity contribution >= 4 is 0 Å². The lowest BCUT2D eigenvalue weighted by Gasteiger charge is -2.10. The monoisotopic (exact) mass is 251 g/mol. The van der Waals surface area contributed by atoms with E-state index in [2.05, 4.69) is 32.0 Å². The van der Waals surface area contributed by atoms with Crippen molar-refractivity contribution in [2.45, 2.75) is 26.7 Å². The molecule has 0 aromatic heterocycles. The molecular weight excluding hydrogens is 234 g/mol. The second kappa shape index (κ2) is 5.58. The Morgan fingerprint density at radius 3 is 2.32 bits per heavy atom. The van der Waals surface area contributed by atoms with Gasteiger partial charge in [-0.15, -0.1) is 0 Å². The SMILES string of the molecule is Cc1ccc(C#N)c(Oc2ccc(C(C)C)cc2)c1. The normalized spacial score (nSPS) is 10.3. The highest BCUT2D eigenvalue weighted by Gasteiger charge is 2.05. The van der Waals surface area contributed by atoms with E-state index in [1.807, 2.05) is 31.2 Å². The molecule has 0 bridgehead atoms. The molecule has 0 saturated carbocycles. The number of hydrogen-bond acceptors (Lipinski definition) is 2. The molecular formula is C17H17NO. The van der Waals surface area contributed by atoms with Crippen LogP contribution in [0.15, 0.2) is 42.5 Å². The van der Waals surface area contributed by atoms with Gasteiger partial charge >= 0.3 is 0 Å². The van der Waals surface area contributed by atoms with Gasteiger partial charge in [-0.1, -0.05) is 32.0 Å². The molecule has 0 fully saturated rings. The van der Waals surface area contributed by atoms with Gasteiger partial charge in [0.25, 0.3) is 0 Å². The van der Waals surface area contributed by atoms with Crippen molar-refractivity contribution in [1.82, 2.24) is 0 Å². The van der Waals surface area contributed by atoms with E-state index in [-0.39, 0.29) is 0 Å². The zero-order valence-corrected chi connectivity index (χ0v) is 11.5. The number of benzene rings is 2. The zero-order valence-electron chi connectivity index (χ0n) is 11.5. The molecule has 0 aliphatic rings. The Morgan fingerprint density at radius 2 is 1.74 bits per heavy atom. The molecule has 2 aromatic carbocycles. The van der Waals surface area contributed by atoms with Crippen molar-refractivity contribution in [2.24, 2.45) is 0 Å². The molecule has 0 saturated heterocycles. The van der Waals surface area contributed by atoms with Gasteiger partial charge in [0.15, 0.2) is 0 Å². The minimum absolute atomic E-state index is 0.502. The lowest BCUT2D eigenvalue weighted by Crippen LogP contribution is -1.91. The standard InChI is InChI=1S/C17H17NO/c1-12(2)14-6-8-16(9-7-14)19-17-10-13(3)4-5-15(17)11-18/h4-10,12H,1-3H3. The van der Waals surface area contributed by atoms with Crippen molar-refractivity contribution in [3.05, 3.63) is 59.2 Å². The maximum absolute atomic E-state index is 9.07. The smallest absolute Gasteiger partial charge is 0.145 e. The molecule has 0 N–H and O–H groups in total. The molecule has 0 unspecified atom stereocenters. The summed E-state index contributed by atoms with van der Waals surface area (Å²) in [6.45, 7) is 6.30. The van der Waals surface area contributed by atoms with E-state index in [4.69, 9.17) is 10.00 Å². The molecule has 2 rings (SSSR count). The average molecular weight is 251 g/mol. The van der Waals surface area contributed by atoms with Crippen LogP contribution in [0.25, 0.3) is 0 Å². The van der Waals surface area contributed by atoms with Gasteiger partial charge in [0.1, 0.15) is 17.6 Å². The molecule has 0 heterocycles. The van der Waals surface area contributed by atoms with E-state index in [9.17, 15) is 0 Å². The van der Waals surface area contributed by atoms with Crippen LogP contribution in [0.5, 0.6) is 11.5 Å². The average Bonchev–Trinajstić information content (AvgIpc) is 2.39. The summed E-state index contributed by atoms with van der Waals surface area (Å²) in [6, 6.07) is 15.7. The quantitative estimate of drug-likeness (QED) is 0.786. The van der Waals surface area contributed by atoms with Gasteiger partial charge in [-0.3, -0.25) is 0 Å². The van der Waals surface area contributed by atoms with Crippen LogP contribution >= 0.6 is 0 Å². The van der Waals surface area contributed by atoms with Gasteiger partial charge in [-0.25, -0.2) is 0 Å². The Bertz CT molecular complexity index is 606. The van der Waals surface area contributed by atoms with Gasteiger partial charge in [-0.05, 0) is 48.2 Å². The van der Waals surface area contributed by atoms with Gasteiger partial charge in [-0.2, -0.15) is 5.26 Å². The van der Waals surface area contributed by atoms with E-state index in [1.165, 1.54) is 5.56 Å². The van der Waals surface area contributed by atoms with Gasteiger partial charge < -0.3 is 4.74 Å². The van der Waals surface area contributed by atoms with Crippen LogP contribution in [-0.2, 0) is 0 Å². The van der Waals surface area contributed by atoms with Crippen molar-refractivity contribution in [3.63, 3.8) is 0 Å². The third-order valence-electron chi connectivity index (χ3n) is 3.03. The van der Waals surface area contributed by atoms with Crippen LogP contribution in [0.4, 0.5) is 0 Å². The Hall–Kier alpha value is -2.27. The number of nitrogens with zero attached hydrogens (tertiary/aromatic N) is 1. The van der Waals surface area contributed by atoms with Gasteiger partial charge in [0.2, 0.25) is 0 Å². The molecule has 96 valence electrons. The fourth-order valence-electron chi connectivity index (χ4n) is 1.85. The maximum Gasteiger partial charge on any atom is 0.145 e. The summed E-state index contributed by atoms with van der Waals surface area (Å²) >= 11 is 0. The third kappa shape index (κ3) is 3.14. The van der Waals surface area contributed by atoms with Crippen LogP contribution in [0.2, 0.25) is 0 Å². The topological polar surface area (TPSA) is 33.0 Å². The number of hydrogen-bond donors (Lipinski definition) is 0. The molecule has 0 amide bonds. The van der Waals surface area contributed by atoms with Crippen molar-refractivity contribution in [1.29, 1.82) is 5.26 Å². The Morgan fingerprint density at radius 1 is 1.05 bits per heavy atom. The third-order valence-corrected chi connectivity index (χ3v) is 3.03. The van der Waals surface area contributed by atoms with E-state index in [1.54, 1.807) is 6.07 Å². The number of ether oxygens (including phenoxy) is 1. The zero-order chi connectivity index (χ0) is 13.8. The fourth-order valence-corrected chi connectivity index (χ4v) is 1.85. The van der Waals surface area contributed by atoms with Crippen LogP contribution in [0.1, 0.15) is 36.5 Å². The molecule has 2 aromatic rings. The van der Waals surface area contributed by atoms with Crippen LogP contribution in [0, 0.1) is 18.3 Å². The van der Waals surface area contributed by atoms with Gasteiger partial charge in [0, 0.05) is 0 Å². The predicted octanol–water partition coefficient (Wildman–Crippen LogP) is 4.78. The minimum Gasteiger partial charge on any atom is -0.456 e. The molecule has 0 atom stereocenters. The molecule has 2 heteroatoms. The molecule has 2 nitrogen and oxygen atoms in total. The highest BCUT2D eigenvalue weighted by Crippen LogP contribution is 2.27. The molecule has 0 aliphatic carbocycles. The summed E-state index contributed by atoms with van der Waals surface area (Å²) in [7, 11) is 0. The summed E-state index contributed by atoms with van der Waals surface area (Å²) < 4.78 is 5.79. The van der Waals surface area contributed by atoms with Crippen molar-refractivity contribution < 1.29 is 4.74 Å². The van der Waals surface area contributed by atoms with E-state index in [0.29, 0.717) is 17.2 Å². The second-order valence-corrected chi connectivity index (χ2v) is 4.94. The second-order valence-electron chi connectivity index (χ2n) is 4.94. The molecule has 0 spiro atoms. The molecule has 0 aliphatic heterocycles. The number of rotatable bonds is 3. The van der Waals surface area contributed by atoms with Gasteiger partial charge in [0.05, 0.1) is 5.56 Å². The molecule has 19 heavy (non-hydrogen) atoms. The Balaban J connectivity index is 2.26. The Kier molecular flexibility index (Phi) is 3.87. The van der Waals surface area contributed by atoms with E-state index < -0.39 is 0 Å². The van der Waals surface area contributed by atoms with Crippen LogP contribution < -0.4 is 4.74 Å². The molecule has 0 radical (unpaired) electrons. The van der Waals surface area contributed by atoms with E-state index in [0.717, 1.165) is 11.3 Å². The predicted molar refractivity (Wildman–Crippen MR) is 76.5 cm³/mol. The Labute approximate surface area is 114 Å². The lowest BCUT2D eigenvalue weighted by molar-refractivity contribution is 0.480. The maximum atomic E-state index is 9.07. The summed E-state index contributed by atoms with van der Waals surface area (Å²) in [4.78, 5) is 0. The highest BCUT2D eigenvalue weighted by atomic mass is 16.5. The summed E-state index contributed by atoms with van der Waals surface area (Å²) in [5.74, 6) is 1.87. The van der Waals surface area contributed by atoms with E-state index >= 15 is 0 Å². The summed E-state index contributed by atoms with van der Waals surface area (Å²) in [6.07, 6.45) is 0. The van der Waals surface area contributed by atoms with Crippen molar-refractivity contribution in [2.75, 3.05) is 0 Å². The van der Waals surface area contributed by atoms with Crippen LogP contribution in [0.3, 0.4) is 0 Å². The van der Waals surface area contributed by atoms with Crippen LogP contribution in [-0.4, -0.2) is 0 Å². The summed E-state index contributed by atoms with van der Waals surface area (Å²) in [5.41, 5.74) is 2.91. The minimum atomic E-state index is 0.502. The highest BCUT2D eigenvalue weighted by molar-refractivity contribution is 5.47. The number of aryl methyl sites for hydroxylation is 1. The van der Waals surface area contributed by atoms with Crippen molar-refractivity contribution in [3.8, 4) is 17.6 Å². The fraction of sp³-hybridized carbons (Fsp3) is 0.235. The first-order valence-corrected chi connectivity index (χ1v) is 6.38. The first-order valence-electron chi connectivity index (χ1n) is 6.38.